The average Bonchev–Trinajstić information content (AvgIpc) is 2.50. The lowest BCUT2D eigenvalue weighted by Gasteiger charge is -2.40. The Labute approximate surface area is 141 Å². The van der Waals surface area contributed by atoms with Crippen molar-refractivity contribution in [1.29, 1.82) is 0 Å². The molecule has 23 heavy (non-hydrogen) atoms. The Balaban J connectivity index is 0.00000156. The Kier molecular flexibility index (Phi) is 3.90. The van der Waals surface area contributed by atoms with Gasteiger partial charge in [-0.15, -0.1) is 12.4 Å². The van der Waals surface area contributed by atoms with E-state index in [2.05, 4.69) is 11.9 Å². The van der Waals surface area contributed by atoms with E-state index in [9.17, 15) is 10.2 Å². The standard InChI is InChI=1S/C18H19NO3.ClH/c1-19-6-5-11-7-12(20)9-13-16(11)14(19)8-10-3-4-15(22-2)18(21)17(10)13;/h3-4,7,9,14,20-21H,5-6,8H2,1-2H3;1H. The molecule has 4 nitrogen and oxygen atoms in total. The fraction of sp³-hybridized carbons (Fsp3) is 0.333. The van der Waals surface area contributed by atoms with Crippen LogP contribution in [0.15, 0.2) is 24.3 Å². The zero-order valence-electron chi connectivity index (χ0n) is 13.2. The lowest BCUT2D eigenvalue weighted by atomic mass is 9.76. The van der Waals surface area contributed by atoms with E-state index >= 15 is 0 Å². The summed E-state index contributed by atoms with van der Waals surface area (Å²) in [6.45, 7) is 0.984. The highest BCUT2D eigenvalue weighted by molar-refractivity contribution is 5.85. The summed E-state index contributed by atoms with van der Waals surface area (Å²) in [4.78, 5) is 2.35. The lowest BCUT2D eigenvalue weighted by molar-refractivity contribution is 0.227. The van der Waals surface area contributed by atoms with Crippen molar-refractivity contribution in [1.82, 2.24) is 4.90 Å². The molecule has 4 rings (SSSR count). The van der Waals surface area contributed by atoms with Crippen LogP contribution in [-0.2, 0) is 12.8 Å². The number of rotatable bonds is 1. The van der Waals surface area contributed by atoms with Crippen molar-refractivity contribution < 1.29 is 14.9 Å². The first-order valence-corrected chi connectivity index (χ1v) is 7.55. The van der Waals surface area contributed by atoms with Crippen molar-refractivity contribution >= 4 is 12.4 Å². The number of benzene rings is 2. The molecule has 0 amide bonds. The highest BCUT2D eigenvalue weighted by Crippen LogP contribution is 2.51. The first-order valence-electron chi connectivity index (χ1n) is 7.55. The minimum atomic E-state index is 0. The van der Waals surface area contributed by atoms with Gasteiger partial charge in [-0.05, 0) is 60.3 Å². The molecule has 2 N–H and O–H groups in total. The quantitative estimate of drug-likeness (QED) is 0.841. The Morgan fingerprint density at radius 2 is 1.96 bits per heavy atom. The van der Waals surface area contributed by atoms with Gasteiger partial charge < -0.3 is 14.9 Å². The monoisotopic (exact) mass is 333 g/mol. The molecular formula is C18H20ClNO3. The number of likely N-dealkylation sites (N-methyl/N-ethyl adjacent to an activating group) is 1. The summed E-state index contributed by atoms with van der Waals surface area (Å²) in [5.41, 5.74) is 5.26. The summed E-state index contributed by atoms with van der Waals surface area (Å²) < 4.78 is 5.25. The van der Waals surface area contributed by atoms with Crippen molar-refractivity contribution in [3.8, 4) is 28.4 Å². The van der Waals surface area contributed by atoms with Crippen molar-refractivity contribution in [2.45, 2.75) is 18.9 Å². The highest BCUT2D eigenvalue weighted by atomic mass is 35.5. The van der Waals surface area contributed by atoms with Crippen LogP contribution < -0.4 is 4.74 Å². The van der Waals surface area contributed by atoms with Gasteiger partial charge in [0, 0.05) is 18.2 Å². The van der Waals surface area contributed by atoms with E-state index in [0.717, 1.165) is 36.1 Å². The number of hydrogen-bond acceptors (Lipinski definition) is 4. The maximum absolute atomic E-state index is 10.6. The van der Waals surface area contributed by atoms with Gasteiger partial charge in [0.05, 0.1) is 7.11 Å². The molecular weight excluding hydrogens is 314 g/mol. The number of halogens is 1. The number of phenolic OH excluding ortho intramolecular Hbond substituents is 2. The minimum Gasteiger partial charge on any atom is -0.508 e. The Hall–Kier alpha value is -1.91. The lowest BCUT2D eigenvalue weighted by Crippen LogP contribution is -2.35. The number of phenols is 2. The smallest absolute Gasteiger partial charge is 0.165 e. The molecule has 0 saturated carbocycles. The predicted octanol–water partition coefficient (Wildman–Crippen LogP) is 3.28. The largest absolute Gasteiger partial charge is 0.508 e. The van der Waals surface area contributed by atoms with Gasteiger partial charge in [-0.25, -0.2) is 0 Å². The normalized spacial score (nSPS) is 18.6. The molecule has 5 heteroatoms. The second-order valence-corrected chi connectivity index (χ2v) is 6.17. The van der Waals surface area contributed by atoms with E-state index in [1.54, 1.807) is 13.2 Å². The molecule has 0 radical (unpaired) electrons. The molecule has 0 saturated heterocycles. The highest BCUT2D eigenvalue weighted by Gasteiger charge is 2.34. The molecule has 0 aromatic heterocycles. The SMILES string of the molecule is COc1ccc2c(c1O)-c1cc(O)cc3c1C(C2)N(C)CC3.Cl. The van der Waals surface area contributed by atoms with Gasteiger partial charge in [-0.1, -0.05) is 6.07 Å². The van der Waals surface area contributed by atoms with Crippen molar-refractivity contribution in [3.63, 3.8) is 0 Å². The summed E-state index contributed by atoms with van der Waals surface area (Å²) in [5, 5.41) is 20.7. The molecule has 0 spiro atoms. The molecule has 1 aliphatic carbocycles. The molecule has 1 aliphatic heterocycles. The Morgan fingerprint density at radius 3 is 2.70 bits per heavy atom. The molecule has 2 aromatic rings. The third kappa shape index (κ3) is 2.25. The summed E-state index contributed by atoms with van der Waals surface area (Å²) >= 11 is 0. The van der Waals surface area contributed by atoms with Crippen LogP contribution in [-0.4, -0.2) is 35.8 Å². The van der Waals surface area contributed by atoms with Gasteiger partial charge in [-0.3, -0.25) is 4.90 Å². The average molecular weight is 334 g/mol. The third-order valence-electron chi connectivity index (χ3n) is 4.98. The molecule has 122 valence electrons. The topological polar surface area (TPSA) is 52.9 Å². The molecule has 0 fully saturated rings. The van der Waals surface area contributed by atoms with Crippen LogP contribution in [0.2, 0.25) is 0 Å². The summed E-state index contributed by atoms with van der Waals surface area (Å²) in [5.74, 6) is 0.894. The van der Waals surface area contributed by atoms with Gasteiger partial charge in [0.15, 0.2) is 11.5 Å². The molecule has 2 aliphatic rings. The number of hydrogen-bond donors (Lipinski definition) is 2. The molecule has 0 bridgehead atoms. The third-order valence-corrected chi connectivity index (χ3v) is 4.98. The van der Waals surface area contributed by atoms with E-state index in [1.807, 2.05) is 18.2 Å². The van der Waals surface area contributed by atoms with E-state index in [0.29, 0.717) is 11.8 Å². The second-order valence-electron chi connectivity index (χ2n) is 6.17. The summed E-state index contributed by atoms with van der Waals surface area (Å²) in [7, 11) is 3.69. The van der Waals surface area contributed by atoms with Crippen molar-refractivity contribution in [2.24, 2.45) is 0 Å². The summed E-state index contributed by atoms with van der Waals surface area (Å²) in [6.07, 6.45) is 1.79. The van der Waals surface area contributed by atoms with Crippen molar-refractivity contribution in [2.75, 3.05) is 20.7 Å². The zero-order chi connectivity index (χ0) is 15.4. The second kappa shape index (κ2) is 5.62. The fourth-order valence-corrected chi connectivity index (χ4v) is 3.89. The van der Waals surface area contributed by atoms with Crippen LogP contribution in [0, 0.1) is 0 Å². The molecule has 1 heterocycles. The summed E-state index contributed by atoms with van der Waals surface area (Å²) in [6, 6.07) is 7.76. The molecule has 1 unspecified atom stereocenters. The maximum Gasteiger partial charge on any atom is 0.165 e. The van der Waals surface area contributed by atoms with E-state index in [1.165, 1.54) is 11.1 Å². The minimum absolute atomic E-state index is 0. The Morgan fingerprint density at radius 1 is 1.17 bits per heavy atom. The fourth-order valence-electron chi connectivity index (χ4n) is 3.89. The first-order chi connectivity index (χ1) is 10.6. The van der Waals surface area contributed by atoms with Crippen molar-refractivity contribution in [3.05, 3.63) is 41.0 Å². The van der Waals surface area contributed by atoms with Crippen LogP contribution in [0.5, 0.6) is 17.2 Å². The van der Waals surface area contributed by atoms with Crippen LogP contribution >= 0.6 is 12.4 Å². The molecule has 1 atom stereocenters. The van der Waals surface area contributed by atoms with Gasteiger partial charge in [0.1, 0.15) is 5.75 Å². The molecule has 2 aromatic carbocycles. The van der Waals surface area contributed by atoms with Gasteiger partial charge in [0.25, 0.3) is 0 Å². The van der Waals surface area contributed by atoms with Crippen LogP contribution in [0.4, 0.5) is 0 Å². The first kappa shape index (κ1) is 16.0. The number of methoxy groups -OCH3 is 1. The van der Waals surface area contributed by atoms with E-state index in [-0.39, 0.29) is 23.9 Å². The van der Waals surface area contributed by atoms with Crippen LogP contribution in [0.3, 0.4) is 0 Å². The van der Waals surface area contributed by atoms with E-state index in [4.69, 9.17) is 4.74 Å². The van der Waals surface area contributed by atoms with Crippen LogP contribution in [0.25, 0.3) is 11.1 Å². The number of ether oxygens (including phenoxy) is 1. The van der Waals surface area contributed by atoms with E-state index < -0.39 is 0 Å². The number of aromatic hydroxyl groups is 2. The predicted molar refractivity (Wildman–Crippen MR) is 91.8 cm³/mol. The maximum atomic E-state index is 10.6. The van der Waals surface area contributed by atoms with Crippen LogP contribution in [0.1, 0.15) is 22.7 Å². The number of fused-ring (bicyclic) bond motifs is 2. The van der Waals surface area contributed by atoms with Gasteiger partial charge >= 0.3 is 0 Å². The Bertz CT molecular complexity index is 775. The van der Waals surface area contributed by atoms with Gasteiger partial charge in [0.2, 0.25) is 0 Å². The number of nitrogens with zero attached hydrogens (tertiary/aromatic N) is 1. The van der Waals surface area contributed by atoms with Gasteiger partial charge in [-0.2, -0.15) is 0 Å². The zero-order valence-corrected chi connectivity index (χ0v) is 14.0.